The maximum atomic E-state index is 12.8. The Morgan fingerprint density at radius 2 is 2.22 bits per heavy atom. The van der Waals surface area contributed by atoms with Crippen LogP contribution in [0.2, 0.25) is 5.02 Å². The zero-order chi connectivity index (χ0) is 25.1. The van der Waals surface area contributed by atoms with Crippen molar-refractivity contribution in [1.29, 1.82) is 5.26 Å². The van der Waals surface area contributed by atoms with Gasteiger partial charge in [0.15, 0.2) is 11.9 Å². The van der Waals surface area contributed by atoms with Crippen LogP contribution in [0.15, 0.2) is 53.4 Å². The van der Waals surface area contributed by atoms with E-state index in [2.05, 4.69) is 20.5 Å². The summed E-state index contributed by atoms with van der Waals surface area (Å²) in [7, 11) is 0. The summed E-state index contributed by atoms with van der Waals surface area (Å²) < 4.78 is 14.9. The molecule has 4 aromatic rings. The van der Waals surface area contributed by atoms with Crippen molar-refractivity contribution in [2.24, 2.45) is 0 Å². The van der Waals surface area contributed by atoms with Crippen molar-refractivity contribution < 1.29 is 13.9 Å². The number of halogens is 1. The molecule has 1 saturated heterocycles. The third-order valence-corrected chi connectivity index (χ3v) is 6.23. The Bertz CT molecular complexity index is 1410. The molecular formula is C25H24ClN7O3. The SMILES string of the molecule is CC(Cn1ccc(-c2ccc(C#N)c(Cl)c2)n1)NC(=O)c1coc(-c2ccnn2[C@@H]2CCCCO2)n1. The molecule has 1 amide bonds. The highest BCUT2D eigenvalue weighted by Crippen LogP contribution is 2.28. The van der Waals surface area contributed by atoms with Gasteiger partial charge < -0.3 is 14.5 Å². The summed E-state index contributed by atoms with van der Waals surface area (Å²) in [4.78, 5) is 17.2. The van der Waals surface area contributed by atoms with E-state index in [-0.39, 0.29) is 23.9 Å². The van der Waals surface area contributed by atoms with Gasteiger partial charge in [-0.1, -0.05) is 17.7 Å². The van der Waals surface area contributed by atoms with Gasteiger partial charge in [-0.15, -0.1) is 0 Å². The van der Waals surface area contributed by atoms with Crippen molar-refractivity contribution in [3.8, 4) is 28.9 Å². The quantitative estimate of drug-likeness (QED) is 0.393. The van der Waals surface area contributed by atoms with Gasteiger partial charge in [0.25, 0.3) is 5.91 Å². The molecule has 1 N–H and O–H groups in total. The highest BCUT2D eigenvalue weighted by molar-refractivity contribution is 6.32. The molecule has 3 aromatic heterocycles. The van der Waals surface area contributed by atoms with Crippen molar-refractivity contribution in [2.75, 3.05) is 6.61 Å². The lowest BCUT2D eigenvalue weighted by molar-refractivity contribution is -0.0386. The molecule has 4 heterocycles. The van der Waals surface area contributed by atoms with Crippen LogP contribution in [-0.2, 0) is 11.3 Å². The maximum Gasteiger partial charge on any atom is 0.273 e. The van der Waals surface area contributed by atoms with E-state index in [9.17, 15) is 4.79 Å². The van der Waals surface area contributed by atoms with Gasteiger partial charge in [-0.2, -0.15) is 15.5 Å². The zero-order valence-corrected chi connectivity index (χ0v) is 20.4. The van der Waals surface area contributed by atoms with Gasteiger partial charge in [0.2, 0.25) is 5.89 Å². The fraction of sp³-hybridized carbons (Fsp3) is 0.320. The van der Waals surface area contributed by atoms with Crippen LogP contribution in [0.25, 0.3) is 22.8 Å². The first kappa shape index (κ1) is 23.8. The molecule has 11 heteroatoms. The number of amides is 1. The Hall–Kier alpha value is -3.94. The number of oxazole rings is 1. The summed E-state index contributed by atoms with van der Waals surface area (Å²) in [5, 5.41) is 21.3. The fourth-order valence-electron chi connectivity index (χ4n) is 4.13. The smallest absolute Gasteiger partial charge is 0.273 e. The predicted molar refractivity (Wildman–Crippen MR) is 131 cm³/mol. The first-order valence-corrected chi connectivity index (χ1v) is 12.0. The predicted octanol–water partition coefficient (Wildman–Crippen LogP) is 4.44. The number of benzene rings is 1. The van der Waals surface area contributed by atoms with Gasteiger partial charge in [-0.3, -0.25) is 9.48 Å². The van der Waals surface area contributed by atoms with Gasteiger partial charge in [-0.05, 0) is 50.5 Å². The summed E-state index contributed by atoms with van der Waals surface area (Å²) in [6.45, 7) is 3.03. The number of nitriles is 1. The molecule has 184 valence electrons. The molecule has 36 heavy (non-hydrogen) atoms. The molecule has 1 aromatic carbocycles. The summed E-state index contributed by atoms with van der Waals surface area (Å²) in [5.41, 5.74) is 2.80. The Kier molecular flexibility index (Phi) is 6.84. The second-order valence-electron chi connectivity index (χ2n) is 8.62. The highest BCUT2D eigenvalue weighted by atomic mass is 35.5. The third-order valence-electron chi connectivity index (χ3n) is 5.92. The monoisotopic (exact) mass is 505 g/mol. The van der Waals surface area contributed by atoms with E-state index >= 15 is 0 Å². The molecule has 1 unspecified atom stereocenters. The van der Waals surface area contributed by atoms with Crippen LogP contribution in [0.3, 0.4) is 0 Å². The number of ether oxygens (including phenoxy) is 1. The van der Waals surface area contributed by atoms with E-state index in [1.165, 1.54) is 6.26 Å². The molecule has 10 nitrogen and oxygen atoms in total. The topological polar surface area (TPSA) is 124 Å². The minimum absolute atomic E-state index is 0.160. The Balaban J connectivity index is 1.21. The van der Waals surface area contributed by atoms with Crippen molar-refractivity contribution in [2.45, 2.75) is 45.0 Å². The average molecular weight is 506 g/mol. The van der Waals surface area contributed by atoms with E-state index in [0.717, 1.165) is 30.5 Å². The van der Waals surface area contributed by atoms with Crippen LogP contribution >= 0.6 is 11.6 Å². The van der Waals surface area contributed by atoms with Crippen LogP contribution < -0.4 is 5.32 Å². The Labute approximate surface area is 212 Å². The largest absolute Gasteiger partial charge is 0.442 e. The van der Waals surface area contributed by atoms with Crippen LogP contribution in [0.4, 0.5) is 0 Å². The van der Waals surface area contributed by atoms with Crippen molar-refractivity contribution in [1.82, 2.24) is 29.9 Å². The number of carbonyl (C=O) groups excluding carboxylic acids is 1. The molecule has 0 spiro atoms. The third kappa shape index (κ3) is 5.03. The molecule has 0 radical (unpaired) electrons. The number of aromatic nitrogens is 5. The van der Waals surface area contributed by atoms with Crippen LogP contribution in [-0.4, -0.2) is 43.1 Å². The average Bonchev–Trinajstić information content (AvgIpc) is 3.65. The van der Waals surface area contributed by atoms with Gasteiger partial charge in [0.05, 0.1) is 22.8 Å². The fourth-order valence-corrected chi connectivity index (χ4v) is 4.35. The Morgan fingerprint density at radius 3 is 3.00 bits per heavy atom. The second-order valence-corrected chi connectivity index (χ2v) is 9.03. The van der Waals surface area contributed by atoms with E-state index < -0.39 is 0 Å². The van der Waals surface area contributed by atoms with E-state index in [4.69, 9.17) is 26.0 Å². The number of nitrogens with one attached hydrogen (secondary N) is 1. The van der Waals surface area contributed by atoms with Gasteiger partial charge in [0.1, 0.15) is 18.0 Å². The van der Waals surface area contributed by atoms with Crippen LogP contribution in [0.5, 0.6) is 0 Å². The van der Waals surface area contributed by atoms with Crippen LogP contribution in [0, 0.1) is 11.3 Å². The summed E-state index contributed by atoms with van der Waals surface area (Å²) in [6.07, 6.45) is 7.66. The standard InChI is InChI=1S/C25H24ClN7O3/c1-16(14-32-10-8-20(31-32)17-5-6-18(13-27)19(26)12-17)29-24(34)21-15-36-25(30-21)22-7-9-28-33(22)23-4-2-3-11-35-23/h5-10,12,15-16,23H,2-4,11,14H2,1H3,(H,29,34)/t16?,23-/m0/s1. The van der Waals surface area contributed by atoms with E-state index in [0.29, 0.717) is 35.3 Å². The molecule has 0 bridgehead atoms. The first-order valence-electron chi connectivity index (χ1n) is 11.7. The minimum Gasteiger partial charge on any atom is -0.442 e. The lowest BCUT2D eigenvalue weighted by Gasteiger charge is -2.23. The molecule has 1 aliphatic rings. The van der Waals surface area contributed by atoms with Crippen molar-refractivity contribution in [3.05, 3.63) is 65.3 Å². The summed E-state index contributed by atoms with van der Waals surface area (Å²) >= 11 is 6.14. The summed E-state index contributed by atoms with van der Waals surface area (Å²) in [5.74, 6) is -0.0268. The lowest BCUT2D eigenvalue weighted by Crippen LogP contribution is -2.36. The number of rotatable bonds is 7. The molecule has 0 aliphatic carbocycles. The molecular weight excluding hydrogens is 482 g/mol. The zero-order valence-electron chi connectivity index (χ0n) is 19.6. The van der Waals surface area contributed by atoms with E-state index in [1.54, 1.807) is 39.8 Å². The number of carbonyl (C=O) groups is 1. The molecule has 1 aliphatic heterocycles. The minimum atomic E-state index is -0.344. The molecule has 2 atom stereocenters. The highest BCUT2D eigenvalue weighted by Gasteiger charge is 2.23. The van der Waals surface area contributed by atoms with Crippen molar-refractivity contribution >= 4 is 17.5 Å². The maximum absolute atomic E-state index is 12.8. The number of nitrogens with zero attached hydrogens (tertiary/aromatic N) is 6. The number of hydrogen-bond donors (Lipinski definition) is 1. The van der Waals surface area contributed by atoms with Crippen molar-refractivity contribution in [3.63, 3.8) is 0 Å². The lowest BCUT2D eigenvalue weighted by atomic mass is 10.1. The molecule has 5 rings (SSSR count). The normalized spacial score (nSPS) is 16.4. The summed E-state index contributed by atoms with van der Waals surface area (Å²) in [6, 6.07) is 10.7. The van der Waals surface area contributed by atoms with E-state index in [1.807, 2.05) is 25.3 Å². The number of hydrogen-bond acceptors (Lipinski definition) is 7. The second kappa shape index (κ2) is 10.4. The van der Waals surface area contributed by atoms with Gasteiger partial charge in [0, 0.05) is 30.6 Å². The van der Waals surface area contributed by atoms with Crippen LogP contribution in [0.1, 0.15) is 48.5 Å². The van der Waals surface area contributed by atoms with Gasteiger partial charge >= 0.3 is 0 Å². The first-order chi connectivity index (χ1) is 17.5. The molecule has 0 saturated carbocycles. The Morgan fingerprint density at radius 1 is 1.33 bits per heavy atom. The van der Waals surface area contributed by atoms with Gasteiger partial charge in [-0.25, -0.2) is 9.67 Å². The molecule has 1 fully saturated rings.